The minimum absolute atomic E-state index is 0.486. The predicted octanol–water partition coefficient (Wildman–Crippen LogP) is 2.18. The number of rotatable bonds is 5. The molecule has 3 N–H and O–H groups in total. The third kappa shape index (κ3) is 3.45. The first-order valence-electron chi connectivity index (χ1n) is 5.94. The molecule has 1 heterocycles. The number of halogens is 2. The van der Waals surface area contributed by atoms with Crippen LogP contribution in [0, 0.1) is 11.6 Å². The highest BCUT2D eigenvalue weighted by Crippen LogP contribution is 2.19. The lowest BCUT2D eigenvalue weighted by atomic mass is 10.1. The van der Waals surface area contributed by atoms with Gasteiger partial charge >= 0.3 is 0 Å². The molecular formula is C13H14F2N4. The number of benzene rings is 1. The van der Waals surface area contributed by atoms with E-state index in [0.717, 1.165) is 25.1 Å². The second kappa shape index (κ2) is 6.19. The molecule has 19 heavy (non-hydrogen) atoms. The van der Waals surface area contributed by atoms with Gasteiger partial charge < -0.3 is 11.1 Å². The van der Waals surface area contributed by atoms with Crippen LogP contribution in [0.1, 0.15) is 6.42 Å². The number of hydrogen-bond donors (Lipinski definition) is 2. The fourth-order valence-electron chi connectivity index (χ4n) is 1.55. The Labute approximate surface area is 109 Å². The second-order valence-corrected chi connectivity index (χ2v) is 4.00. The van der Waals surface area contributed by atoms with Crippen molar-refractivity contribution in [3.8, 4) is 11.3 Å². The van der Waals surface area contributed by atoms with Crippen LogP contribution in [-0.4, -0.2) is 23.3 Å². The average molecular weight is 264 g/mol. The Morgan fingerprint density at radius 3 is 2.53 bits per heavy atom. The lowest BCUT2D eigenvalue weighted by molar-refractivity contribution is 0.509. The molecule has 4 nitrogen and oxygen atoms in total. The number of nitrogens with zero attached hydrogens (tertiary/aromatic N) is 2. The third-order valence-corrected chi connectivity index (χ3v) is 2.57. The van der Waals surface area contributed by atoms with Gasteiger partial charge in [-0.1, -0.05) is 0 Å². The van der Waals surface area contributed by atoms with Gasteiger partial charge in [0, 0.05) is 12.1 Å². The Morgan fingerprint density at radius 1 is 1.05 bits per heavy atom. The van der Waals surface area contributed by atoms with Crippen LogP contribution in [0.5, 0.6) is 0 Å². The summed E-state index contributed by atoms with van der Waals surface area (Å²) in [5.41, 5.74) is 6.35. The molecule has 0 bridgehead atoms. The summed E-state index contributed by atoms with van der Waals surface area (Å²) in [6.45, 7) is 1.32. The van der Waals surface area contributed by atoms with Crippen LogP contribution in [0.15, 0.2) is 30.3 Å². The van der Waals surface area contributed by atoms with Gasteiger partial charge in [-0.15, -0.1) is 10.2 Å². The smallest absolute Gasteiger partial charge is 0.159 e. The summed E-state index contributed by atoms with van der Waals surface area (Å²) >= 11 is 0. The van der Waals surface area contributed by atoms with Gasteiger partial charge in [-0.25, -0.2) is 8.78 Å². The fourth-order valence-corrected chi connectivity index (χ4v) is 1.55. The molecule has 0 aliphatic rings. The van der Waals surface area contributed by atoms with Crippen molar-refractivity contribution in [1.29, 1.82) is 0 Å². The topological polar surface area (TPSA) is 63.8 Å². The molecule has 0 aliphatic carbocycles. The zero-order chi connectivity index (χ0) is 13.7. The van der Waals surface area contributed by atoms with E-state index in [0.29, 0.717) is 23.6 Å². The van der Waals surface area contributed by atoms with Crippen molar-refractivity contribution >= 4 is 5.82 Å². The first-order chi connectivity index (χ1) is 9.20. The average Bonchev–Trinajstić information content (AvgIpc) is 2.43. The number of nitrogens with one attached hydrogen (secondary N) is 1. The maximum Gasteiger partial charge on any atom is 0.159 e. The van der Waals surface area contributed by atoms with E-state index in [1.54, 1.807) is 12.1 Å². The predicted molar refractivity (Wildman–Crippen MR) is 69.5 cm³/mol. The zero-order valence-corrected chi connectivity index (χ0v) is 10.2. The minimum atomic E-state index is -0.899. The molecule has 6 heteroatoms. The molecule has 0 spiro atoms. The summed E-state index contributed by atoms with van der Waals surface area (Å²) in [6.07, 6.45) is 0.840. The van der Waals surface area contributed by atoms with Gasteiger partial charge in [0.2, 0.25) is 0 Å². The highest BCUT2D eigenvalue weighted by molar-refractivity contribution is 5.59. The summed E-state index contributed by atoms with van der Waals surface area (Å²) in [5, 5.41) is 11.0. The van der Waals surface area contributed by atoms with Gasteiger partial charge in [0.1, 0.15) is 5.82 Å². The molecule has 2 rings (SSSR count). The maximum absolute atomic E-state index is 13.1. The second-order valence-electron chi connectivity index (χ2n) is 4.00. The van der Waals surface area contributed by atoms with Crippen molar-refractivity contribution in [2.45, 2.75) is 6.42 Å². The van der Waals surface area contributed by atoms with Gasteiger partial charge in [-0.2, -0.15) is 0 Å². The van der Waals surface area contributed by atoms with E-state index >= 15 is 0 Å². The van der Waals surface area contributed by atoms with E-state index in [1.807, 2.05) is 0 Å². The van der Waals surface area contributed by atoms with Crippen molar-refractivity contribution in [1.82, 2.24) is 10.2 Å². The van der Waals surface area contributed by atoms with Crippen molar-refractivity contribution in [3.05, 3.63) is 42.0 Å². The number of nitrogens with two attached hydrogens (primary N) is 1. The SMILES string of the molecule is NCCCNc1ccc(-c2ccc(F)c(F)c2)nn1. The van der Waals surface area contributed by atoms with Gasteiger partial charge in [0.05, 0.1) is 5.69 Å². The van der Waals surface area contributed by atoms with Gasteiger partial charge in [0.15, 0.2) is 11.6 Å². The molecule has 0 aliphatic heterocycles. The first-order valence-corrected chi connectivity index (χ1v) is 5.94. The molecule has 0 fully saturated rings. The Balaban J connectivity index is 2.11. The van der Waals surface area contributed by atoms with Crippen LogP contribution in [-0.2, 0) is 0 Å². The molecule has 2 aromatic rings. The third-order valence-electron chi connectivity index (χ3n) is 2.57. The molecule has 0 unspecified atom stereocenters. The van der Waals surface area contributed by atoms with Crippen LogP contribution < -0.4 is 11.1 Å². The van der Waals surface area contributed by atoms with Crippen LogP contribution in [0.4, 0.5) is 14.6 Å². The molecule has 0 saturated heterocycles. The van der Waals surface area contributed by atoms with E-state index in [1.165, 1.54) is 6.07 Å². The van der Waals surface area contributed by atoms with Crippen LogP contribution in [0.3, 0.4) is 0 Å². The van der Waals surface area contributed by atoms with E-state index in [4.69, 9.17) is 5.73 Å². The first kappa shape index (κ1) is 13.4. The van der Waals surface area contributed by atoms with Crippen LogP contribution >= 0.6 is 0 Å². The van der Waals surface area contributed by atoms with E-state index < -0.39 is 11.6 Å². The molecule has 0 atom stereocenters. The summed E-state index contributed by atoms with van der Waals surface area (Å²) in [5.74, 6) is -1.15. The number of anilines is 1. The molecule has 0 radical (unpaired) electrons. The molecule has 0 saturated carbocycles. The normalized spacial score (nSPS) is 10.5. The largest absolute Gasteiger partial charge is 0.369 e. The Kier molecular flexibility index (Phi) is 4.35. The molecule has 100 valence electrons. The monoisotopic (exact) mass is 264 g/mol. The van der Waals surface area contributed by atoms with E-state index in [9.17, 15) is 8.78 Å². The van der Waals surface area contributed by atoms with Crippen molar-refractivity contribution in [2.75, 3.05) is 18.4 Å². The summed E-state index contributed by atoms with van der Waals surface area (Å²) < 4.78 is 25.9. The number of hydrogen-bond acceptors (Lipinski definition) is 4. The molecule has 1 aromatic heterocycles. The van der Waals surface area contributed by atoms with Crippen LogP contribution in [0.2, 0.25) is 0 Å². The van der Waals surface area contributed by atoms with E-state index in [-0.39, 0.29) is 0 Å². The van der Waals surface area contributed by atoms with Crippen molar-refractivity contribution in [3.63, 3.8) is 0 Å². The minimum Gasteiger partial charge on any atom is -0.369 e. The summed E-state index contributed by atoms with van der Waals surface area (Å²) in [6, 6.07) is 7.06. The van der Waals surface area contributed by atoms with Crippen molar-refractivity contribution < 1.29 is 8.78 Å². The van der Waals surface area contributed by atoms with Gasteiger partial charge in [0.25, 0.3) is 0 Å². The maximum atomic E-state index is 13.1. The lowest BCUT2D eigenvalue weighted by Gasteiger charge is -2.05. The molecule has 0 amide bonds. The Morgan fingerprint density at radius 2 is 1.89 bits per heavy atom. The molecular weight excluding hydrogens is 250 g/mol. The van der Waals surface area contributed by atoms with Crippen molar-refractivity contribution in [2.24, 2.45) is 5.73 Å². The highest BCUT2D eigenvalue weighted by atomic mass is 19.2. The number of aromatic nitrogens is 2. The Hall–Kier alpha value is -2.08. The lowest BCUT2D eigenvalue weighted by Crippen LogP contribution is -2.09. The molecule has 1 aromatic carbocycles. The Bertz CT molecular complexity index is 543. The van der Waals surface area contributed by atoms with Gasteiger partial charge in [-0.05, 0) is 43.3 Å². The summed E-state index contributed by atoms with van der Waals surface area (Å²) in [7, 11) is 0. The highest BCUT2D eigenvalue weighted by Gasteiger charge is 2.06. The summed E-state index contributed by atoms with van der Waals surface area (Å²) in [4.78, 5) is 0. The van der Waals surface area contributed by atoms with Crippen LogP contribution in [0.25, 0.3) is 11.3 Å². The van der Waals surface area contributed by atoms with Gasteiger partial charge in [-0.3, -0.25) is 0 Å². The standard InChI is InChI=1S/C13H14F2N4/c14-10-3-2-9(8-11(10)15)12-4-5-13(19-18-12)17-7-1-6-16/h2-5,8H,1,6-7,16H2,(H,17,19). The quantitative estimate of drug-likeness (QED) is 0.812. The zero-order valence-electron chi connectivity index (χ0n) is 10.2. The fraction of sp³-hybridized carbons (Fsp3) is 0.231. The van der Waals surface area contributed by atoms with E-state index in [2.05, 4.69) is 15.5 Å².